The lowest BCUT2D eigenvalue weighted by Crippen LogP contribution is -2.65. The number of hydrogen-bond acceptors (Lipinski definition) is 4. The van der Waals surface area contributed by atoms with Crippen molar-refractivity contribution in [2.45, 2.75) is 18.1 Å². The monoisotopic (exact) mass is 202 g/mol. The fourth-order valence-electron chi connectivity index (χ4n) is 2.11. The SMILES string of the molecule is COC1CN(C2(CN)CCSC2)C1. The number of ether oxygens (including phenoxy) is 1. The molecular formula is C9H18N2OS. The summed E-state index contributed by atoms with van der Waals surface area (Å²) in [6, 6.07) is 0. The van der Waals surface area contributed by atoms with E-state index in [4.69, 9.17) is 10.5 Å². The van der Waals surface area contributed by atoms with Crippen LogP contribution in [0.15, 0.2) is 0 Å². The van der Waals surface area contributed by atoms with Gasteiger partial charge in [0.05, 0.1) is 6.10 Å². The second-order valence-electron chi connectivity index (χ2n) is 3.99. The maximum absolute atomic E-state index is 5.87. The summed E-state index contributed by atoms with van der Waals surface area (Å²) < 4.78 is 5.28. The standard InChI is InChI=1S/C9H18N2OS/c1-12-8-4-11(5-8)9(6-10)2-3-13-7-9/h8H,2-7,10H2,1H3. The van der Waals surface area contributed by atoms with Crippen molar-refractivity contribution >= 4 is 11.8 Å². The molecule has 76 valence electrons. The minimum atomic E-state index is 0.305. The molecular weight excluding hydrogens is 184 g/mol. The second kappa shape index (κ2) is 3.77. The largest absolute Gasteiger partial charge is 0.379 e. The van der Waals surface area contributed by atoms with E-state index in [0.29, 0.717) is 11.6 Å². The first-order chi connectivity index (χ1) is 6.30. The summed E-state index contributed by atoms with van der Waals surface area (Å²) >= 11 is 2.03. The summed E-state index contributed by atoms with van der Waals surface area (Å²) in [5.74, 6) is 2.48. The van der Waals surface area contributed by atoms with Crippen molar-refractivity contribution in [3.8, 4) is 0 Å². The molecule has 4 heteroatoms. The molecule has 1 atom stereocenters. The predicted octanol–water partition coefficient (Wildman–Crippen LogP) is 0.151. The Hall–Kier alpha value is 0.230. The number of nitrogens with zero attached hydrogens (tertiary/aromatic N) is 1. The molecule has 0 saturated carbocycles. The minimum absolute atomic E-state index is 0.305. The van der Waals surface area contributed by atoms with Gasteiger partial charge in [-0.15, -0.1) is 0 Å². The molecule has 0 bridgehead atoms. The van der Waals surface area contributed by atoms with Crippen molar-refractivity contribution in [1.82, 2.24) is 4.90 Å². The fourth-order valence-corrected chi connectivity index (χ4v) is 3.60. The molecule has 2 fully saturated rings. The lowest BCUT2D eigenvalue weighted by atomic mass is 9.92. The van der Waals surface area contributed by atoms with Crippen molar-refractivity contribution in [2.24, 2.45) is 5.73 Å². The molecule has 2 aliphatic rings. The highest BCUT2D eigenvalue weighted by Gasteiger charge is 2.44. The zero-order chi connectivity index (χ0) is 9.31. The van der Waals surface area contributed by atoms with Crippen molar-refractivity contribution in [2.75, 3.05) is 38.2 Å². The van der Waals surface area contributed by atoms with E-state index in [1.165, 1.54) is 17.9 Å². The third-order valence-electron chi connectivity index (χ3n) is 3.31. The van der Waals surface area contributed by atoms with Crippen LogP contribution in [0.2, 0.25) is 0 Å². The maximum atomic E-state index is 5.87. The Morgan fingerprint density at radius 2 is 2.38 bits per heavy atom. The topological polar surface area (TPSA) is 38.5 Å². The van der Waals surface area contributed by atoms with Gasteiger partial charge in [0.1, 0.15) is 0 Å². The van der Waals surface area contributed by atoms with Crippen LogP contribution in [-0.2, 0) is 4.74 Å². The van der Waals surface area contributed by atoms with Crippen LogP contribution in [0, 0.1) is 0 Å². The molecule has 0 aromatic rings. The average molecular weight is 202 g/mol. The van der Waals surface area contributed by atoms with E-state index in [-0.39, 0.29) is 0 Å². The van der Waals surface area contributed by atoms with Gasteiger partial charge in [-0.3, -0.25) is 4.90 Å². The van der Waals surface area contributed by atoms with Crippen LogP contribution < -0.4 is 5.73 Å². The predicted molar refractivity (Wildman–Crippen MR) is 56.1 cm³/mol. The Bertz CT molecular complexity index is 176. The van der Waals surface area contributed by atoms with Crippen LogP contribution in [0.25, 0.3) is 0 Å². The summed E-state index contributed by atoms with van der Waals surface area (Å²) in [6.45, 7) is 2.96. The molecule has 13 heavy (non-hydrogen) atoms. The molecule has 3 nitrogen and oxygen atoms in total. The number of methoxy groups -OCH3 is 1. The molecule has 0 aliphatic carbocycles. The summed E-state index contributed by atoms with van der Waals surface area (Å²) in [7, 11) is 1.79. The summed E-state index contributed by atoms with van der Waals surface area (Å²) in [5.41, 5.74) is 6.18. The van der Waals surface area contributed by atoms with Crippen molar-refractivity contribution in [3.63, 3.8) is 0 Å². The van der Waals surface area contributed by atoms with Crippen LogP contribution in [0.3, 0.4) is 0 Å². The highest BCUT2D eigenvalue weighted by molar-refractivity contribution is 7.99. The molecule has 2 N–H and O–H groups in total. The Kier molecular flexibility index (Phi) is 2.83. The molecule has 0 aromatic heterocycles. The van der Waals surface area contributed by atoms with Crippen LogP contribution in [-0.4, -0.2) is 54.8 Å². The second-order valence-corrected chi connectivity index (χ2v) is 5.10. The number of likely N-dealkylation sites (tertiary alicyclic amines) is 1. The zero-order valence-electron chi connectivity index (χ0n) is 8.16. The van der Waals surface area contributed by atoms with Gasteiger partial charge in [0.25, 0.3) is 0 Å². The maximum Gasteiger partial charge on any atom is 0.0825 e. The zero-order valence-corrected chi connectivity index (χ0v) is 8.98. The lowest BCUT2D eigenvalue weighted by Gasteiger charge is -2.49. The highest BCUT2D eigenvalue weighted by atomic mass is 32.2. The molecule has 2 rings (SSSR count). The Morgan fingerprint density at radius 3 is 2.85 bits per heavy atom. The lowest BCUT2D eigenvalue weighted by molar-refractivity contribution is -0.0757. The first kappa shape index (κ1) is 9.77. The molecule has 2 saturated heterocycles. The number of rotatable bonds is 3. The Morgan fingerprint density at radius 1 is 1.62 bits per heavy atom. The quantitative estimate of drug-likeness (QED) is 0.707. The summed E-state index contributed by atoms with van der Waals surface area (Å²) in [5, 5.41) is 0. The normalized spacial score (nSPS) is 36.5. The molecule has 2 aliphatic heterocycles. The van der Waals surface area contributed by atoms with E-state index in [0.717, 1.165) is 19.6 Å². The van der Waals surface area contributed by atoms with Gasteiger partial charge < -0.3 is 10.5 Å². The third kappa shape index (κ3) is 1.61. The fraction of sp³-hybridized carbons (Fsp3) is 1.00. The van der Waals surface area contributed by atoms with E-state index >= 15 is 0 Å². The molecule has 0 radical (unpaired) electrons. The summed E-state index contributed by atoms with van der Waals surface area (Å²) in [4.78, 5) is 2.50. The Labute approximate surface area is 84.0 Å². The van der Waals surface area contributed by atoms with Crippen LogP contribution in [0.1, 0.15) is 6.42 Å². The van der Waals surface area contributed by atoms with E-state index in [2.05, 4.69) is 4.90 Å². The van der Waals surface area contributed by atoms with Crippen LogP contribution in [0.4, 0.5) is 0 Å². The first-order valence-corrected chi connectivity index (χ1v) is 6.02. The number of nitrogens with two attached hydrogens (primary N) is 1. The van der Waals surface area contributed by atoms with E-state index in [9.17, 15) is 0 Å². The molecule has 0 spiro atoms. The van der Waals surface area contributed by atoms with Crippen LogP contribution >= 0.6 is 11.8 Å². The van der Waals surface area contributed by atoms with E-state index in [1.54, 1.807) is 7.11 Å². The first-order valence-electron chi connectivity index (χ1n) is 4.86. The minimum Gasteiger partial charge on any atom is -0.379 e. The molecule has 0 amide bonds. The highest BCUT2D eigenvalue weighted by Crippen LogP contribution is 2.35. The smallest absolute Gasteiger partial charge is 0.0825 e. The molecule has 1 unspecified atom stereocenters. The van der Waals surface area contributed by atoms with E-state index < -0.39 is 0 Å². The number of hydrogen-bond donors (Lipinski definition) is 1. The van der Waals surface area contributed by atoms with Gasteiger partial charge in [0.2, 0.25) is 0 Å². The Balaban J connectivity index is 1.91. The van der Waals surface area contributed by atoms with Gasteiger partial charge in [-0.1, -0.05) is 0 Å². The third-order valence-corrected chi connectivity index (χ3v) is 4.55. The average Bonchev–Trinajstić information content (AvgIpc) is 2.52. The van der Waals surface area contributed by atoms with Gasteiger partial charge in [-0.2, -0.15) is 11.8 Å². The van der Waals surface area contributed by atoms with Gasteiger partial charge >= 0.3 is 0 Å². The van der Waals surface area contributed by atoms with Gasteiger partial charge in [0.15, 0.2) is 0 Å². The van der Waals surface area contributed by atoms with Crippen molar-refractivity contribution < 1.29 is 4.74 Å². The molecule has 0 aromatic carbocycles. The van der Waals surface area contributed by atoms with Crippen LogP contribution in [0.5, 0.6) is 0 Å². The molecule has 2 heterocycles. The van der Waals surface area contributed by atoms with Gasteiger partial charge in [0, 0.05) is 38.0 Å². The number of thioether (sulfide) groups is 1. The van der Waals surface area contributed by atoms with Gasteiger partial charge in [-0.05, 0) is 12.2 Å². The van der Waals surface area contributed by atoms with Crippen molar-refractivity contribution in [3.05, 3.63) is 0 Å². The van der Waals surface area contributed by atoms with Crippen molar-refractivity contribution in [1.29, 1.82) is 0 Å². The summed E-state index contributed by atoms with van der Waals surface area (Å²) in [6.07, 6.45) is 1.71. The van der Waals surface area contributed by atoms with Gasteiger partial charge in [-0.25, -0.2) is 0 Å². The van der Waals surface area contributed by atoms with E-state index in [1.807, 2.05) is 11.8 Å².